The van der Waals surface area contributed by atoms with Crippen LogP contribution in [0.4, 0.5) is 0 Å². The van der Waals surface area contributed by atoms with Crippen molar-refractivity contribution in [2.75, 3.05) is 0 Å². The maximum atomic E-state index is 5.15. The standard InChI is InChI=1S/C12H16N6S2/c1-9(16-17-11(13)14)7-15-18-12(19)20-8-10-5-3-2-4-6-10/h2-7H,8H2,1H3,(H,18,19)(H4,13,14,17)/b15-7+,16-9-. The molecule has 0 spiro atoms. The van der Waals surface area contributed by atoms with E-state index in [4.69, 9.17) is 23.7 Å². The maximum Gasteiger partial charge on any atom is 0.211 e. The smallest absolute Gasteiger partial charge is 0.211 e. The first-order valence-electron chi connectivity index (χ1n) is 5.71. The van der Waals surface area contributed by atoms with E-state index in [9.17, 15) is 0 Å². The van der Waals surface area contributed by atoms with E-state index in [2.05, 4.69) is 20.7 Å². The second-order valence-electron chi connectivity index (χ2n) is 3.70. The highest BCUT2D eigenvalue weighted by atomic mass is 32.2. The highest BCUT2D eigenvalue weighted by Crippen LogP contribution is 2.12. The van der Waals surface area contributed by atoms with Crippen LogP contribution in [-0.4, -0.2) is 22.2 Å². The van der Waals surface area contributed by atoms with Gasteiger partial charge in [-0.15, -0.1) is 5.10 Å². The molecule has 5 N–H and O–H groups in total. The van der Waals surface area contributed by atoms with Crippen LogP contribution < -0.4 is 16.9 Å². The predicted octanol–water partition coefficient (Wildman–Crippen LogP) is 1.43. The molecule has 6 nitrogen and oxygen atoms in total. The molecule has 0 saturated carbocycles. The summed E-state index contributed by atoms with van der Waals surface area (Å²) in [5.41, 5.74) is 14.8. The molecule has 0 bridgehead atoms. The number of nitrogens with two attached hydrogens (primary N) is 2. The Hall–Kier alpha value is -1.93. The van der Waals surface area contributed by atoms with Crippen molar-refractivity contribution in [3.8, 4) is 0 Å². The summed E-state index contributed by atoms with van der Waals surface area (Å²) in [6.07, 6.45) is 1.49. The second-order valence-corrected chi connectivity index (χ2v) is 5.35. The highest BCUT2D eigenvalue weighted by molar-refractivity contribution is 8.22. The van der Waals surface area contributed by atoms with Crippen molar-refractivity contribution in [1.29, 1.82) is 0 Å². The summed E-state index contributed by atoms with van der Waals surface area (Å²) in [5, 5.41) is 11.2. The summed E-state index contributed by atoms with van der Waals surface area (Å²) in [6.45, 7) is 1.72. The van der Waals surface area contributed by atoms with E-state index in [1.54, 1.807) is 6.92 Å². The van der Waals surface area contributed by atoms with Crippen LogP contribution in [0.2, 0.25) is 0 Å². The largest absolute Gasteiger partial charge is 0.369 e. The van der Waals surface area contributed by atoms with Crippen LogP contribution in [0.3, 0.4) is 0 Å². The van der Waals surface area contributed by atoms with Gasteiger partial charge in [0, 0.05) is 5.75 Å². The van der Waals surface area contributed by atoms with Crippen LogP contribution >= 0.6 is 24.0 Å². The Bertz CT molecular complexity index is 520. The maximum absolute atomic E-state index is 5.15. The zero-order valence-electron chi connectivity index (χ0n) is 11.0. The van der Waals surface area contributed by atoms with Gasteiger partial charge in [-0.2, -0.15) is 10.2 Å². The number of benzene rings is 1. The van der Waals surface area contributed by atoms with Crippen LogP contribution in [0, 0.1) is 0 Å². The average molecular weight is 308 g/mol. The zero-order valence-corrected chi connectivity index (χ0v) is 12.6. The third kappa shape index (κ3) is 7.49. The lowest BCUT2D eigenvalue weighted by Gasteiger charge is -2.02. The summed E-state index contributed by atoms with van der Waals surface area (Å²) in [7, 11) is 0. The van der Waals surface area contributed by atoms with Crippen molar-refractivity contribution < 1.29 is 0 Å². The molecular formula is C12H16N6S2. The minimum atomic E-state index is -0.0975. The Labute approximate surface area is 127 Å². The van der Waals surface area contributed by atoms with Gasteiger partial charge in [-0.25, -0.2) is 0 Å². The minimum Gasteiger partial charge on any atom is -0.369 e. The van der Waals surface area contributed by atoms with E-state index >= 15 is 0 Å². The fraction of sp³-hybridized carbons (Fsp3) is 0.167. The average Bonchev–Trinajstić information content (AvgIpc) is 2.44. The molecule has 0 aliphatic heterocycles. The normalized spacial score (nSPS) is 11.3. The van der Waals surface area contributed by atoms with Gasteiger partial charge < -0.3 is 11.5 Å². The summed E-state index contributed by atoms with van der Waals surface area (Å²) < 4.78 is 0.583. The Balaban J connectivity index is 2.33. The molecule has 106 valence electrons. The topological polar surface area (TPSA) is 101 Å². The first kappa shape index (κ1) is 16.1. The molecule has 8 heteroatoms. The van der Waals surface area contributed by atoms with E-state index in [0.29, 0.717) is 10.0 Å². The van der Waals surface area contributed by atoms with Gasteiger partial charge in [0.25, 0.3) is 0 Å². The van der Waals surface area contributed by atoms with Gasteiger partial charge in [-0.1, -0.05) is 54.3 Å². The molecule has 0 aliphatic rings. The molecule has 0 amide bonds. The number of thiocarbonyl (C=S) groups is 1. The Kier molecular flexibility index (Phi) is 7.30. The monoisotopic (exact) mass is 308 g/mol. The molecule has 1 aromatic carbocycles. The van der Waals surface area contributed by atoms with Crippen LogP contribution in [0.5, 0.6) is 0 Å². The summed E-state index contributed by atoms with van der Waals surface area (Å²) in [6, 6.07) is 10.1. The van der Waals surface area contributed by atoms with Crippen molar-refractivity contribution in [2.45, 2.75) is 12.7 Å². The number of rotatable bonds is 5. The lowest BCUT2D eigenvalue weighted by Crippen LogP contribution is -2.22. The van der Waals surface area contributed by atoms with Gasteiger partial charge in [0.15, 0.2) is 4.32 Å². The van der Waals surface area contributed by atoms with Crippen LogP contribution in [0.1, 0.15) is 12.5 Å². The Morgan fingerprint density at radius 2 is 2.00 bits per heavy atom. The van der Waals surface area contributed by atoms with Crippen molar-refractivity contribution in [1.82, 2.24) is 5.43 Å². The molecule has 0 saturated heterocycles. The molecule has 0 unspecified atom stereocenters. The lowest BCUT2D eigenvalue weighted by atomic mass is 10.2. The van der Waals surface area contributed by atoms with Gasteiger partial charge in [0.2, 0.25) is 5.96 Å². The quantitative estimate of drug-likeness (QED) is 0.330. The van der Waals surface area contributed by atoms with Crippen LogP contribution in [0.25, 0.3) is 0 Å². The van der Waals surface area contributed by atoms with E-state index in [0.717, 1.165) is 5.75 Å². The van der Waals surface area contributed by atoms with E-state index in [1.807, 2.05) is 30.3 Å². The number of hydrogen-bond donors (Lipinski definition) is 3. The van der Waals surface area contributed by atoms with Gasteiger partial charge in [0.1, 0.15) is 0 Å². The molecular weight excluding hydrogens is 292 g/mol. The highest BCUT2D eigenvalue weighted by Gasteiger charge is 1.97. The van der Waals surface area contributed by atoms with Crippen molar-refractivity contribution in [2.24, 2.45) is 26.8 Å². The fourth-order valence-corrected chi connectivity index (χ4v) is 1.93. The van der Waals surface area contributed by atoms with E-state index in [-0.39, 0.29) is 5.96 Å². The SMILES string of the molecule is CC(/C=N/NC(=S)SCc1ccccc1)=N/N=C(N)N. The van der Waals surface area contributed by atoms with E-state index in [1.165, 1.54) is 23.5 Å². The van der Waals surface area contributed by atoms with Crippen molar-refractivity contribution in [3.63, 3.8) is 0 Å². The lowest BCUT2D eigenvalue weighted by molar-refractivity contribution is 1.07. The Morgan fingerprint density at radius 1 is 1.30 bits per heavy atom. The van der Waals surface area contributed by atoms with Crippen LogP contribution in [0.15, 0.2) is 45.6 Å². The molecule has 0 fully saturated rings. The first-order valence-corrected chi connectivity index (χ1v) is 7.10. The molecule has 0 aliphatic carbocycles. The molecule has 1 rings (SSSR count). The number of hydrogen-bond acceptors (Lipinski definition) is 5. The molecule has 0 radical (unpaired) electrons. The summed E-state index contributed by atoms with van der Waals surface area (Å²) in [5.74, 6) is 0.697. The number of nitrogens with zero attached hydrogens (tertiary/aromatic N) is 3. The third-order valence-electron chi connectivity index (χ3n) is 1.94. The van der Waals surface area contributed by atoms with Crippen molar-refractivity contribution in [3.05, 3.63) is 35.9 Å². The Morgan fingerprint density at radius 3 is 2.65 bits per heavy atom. The van der Waals surface area contributed by atoms with Crippen molar-refractivity contribution >= 4 is 46.2 Å². The summed E-state index contributed by atoms with van der Waals surface area (Å²) in [4.78, 5) is 0. The van der Waals surface area contributed by atoms with Gasteiger partial charge in [0.05, 0.1) is 11.9 Å². The zero-order chi connectivity index (χ0) is 14.8. The predicted molar refractivity (Wildman–Crippen MR) is 90.9 cm³/mol. The molecule has 0 heterocycles. The van der Waals surface area contributed by atoms with E-state index < -0.39 is 0 Å². The first-order chi connectivity index (χ1) is 9.58. The molecule has 0 atom stereocenters. The van der Waals surface area contributed by atoms with Crippen LogP contribution in [-0.2, 0) is 5.75 Å². The van der Waals surface area contributed by atoms with Gasteiger partial charge in [-0.3, -0.25) is 5.43 Å². The summed E-state index contributed by atoms with van der Waals surface area (Å²) >= 11 is 6.64. The van der Waals surface area contributed by atoms with Gasteiger partial charge >= 0.3 is 0 Å². The third-order valence-corrected chi connectivity index (χ3v) is 3.22. The molecule has 1 aromatic rings. The second kappa shape index (κ2) is 9.05. The number of thioether (sulfide) groups is 1. The minimum absolute atomic E-state index is 0.0975. The molecule has 0 aromatic heterocycles. The molecule has 20 heavy (non-hydrogen) atoms. The van der Waals surface area contributed by atoms with Gasteiger partial charge in [-0.05, 0) is 12.5 Å². The fourth-order valence-electron chi connectivity index (χ4n) is 1.10. The number of guanidine groups is 1. The number of nitrogens with one attached hydrogen (secondary N) is 1. The number of hydrazone groups is 1.